The van der Waals surface area contributed by atoms with Gasteiger partial charge in [0.1, 0.15) is 5.82 Å². The van der Waals surface area contributed by atoms with E-state index in [0.29, 0.717) is 36.8 Å². The van der Waals surface area contributed by atoms with Crippen LogP contribution in [0.4, 0.5) is 4.39 Å². The number of halogens is 1. The second-order valence-corrected chi connectivity index (χ2v) is 7.07. The Morgan fingerprint density at radius 2 is 2.12 bits per heavy atom. The summed E-state index contributed by atoms with van der Waals surface area (Å²) in [5.41, 5.74) is 0.666. The largest absolute Gasteiger partial charge is 0.342 e. The third kappa shape index (κ3) is 3.46. The standard InChI is InChI=1S/C18H16FN3O2S/c19-14-5-3-12(4-6-14)18-20-17(21-24-18)13-10-16(23)22(11-13)8-7-15-2-1-9-25-15/h1-6,9,13H,7-8,10-11H2. The van der Waals surface area contributed by atoms with Gasteiger partial charge in [0.15, 0.2) is 5.82 Å². The molecule has 25 heavy (non-hydrogen) atoms. The zero-order valence-electron chi connectivity index (χ0n) is 13.4. The number of benzene rings is 1. The fourth-order valence-electron chi connectivity index (χ4n) is 2.97. The Morgan fingerprint density at radius 1 is 1.28 bits per heavy atom. The van der Waals surface area contributed by atoms with Gasteiger partial charge in [0, 0.05) is 35.9 Å². The molecule has 1 saturated heterocycles. The number of likely N-dealkylation sites (tertiary alicyclic amines) is 1. The zero-order chi connectivity index (χ0) is 17.2. The molecule has 4 rings (SSSR count). The van der Waals surface area contributed by atoms with Crippen molar-refractivity contribution in [3.05, 3.63) is 58.3 Å². The van der Waals surface area contributed by atoms with Crippen molar-refractivity contribution in [2.24, 2.45) is 0 Å². The molecule has 0 radical (unpaired) electrons. The highest BCUT2D eigenvalue weighted by Gasteiger charge is 2.33. The first-order valence-corrected chi connectivity index (χ1v) is 8.97. The minimum atomic E-state index is -0.314. The lowest BCUT2D eigenvalue weighted by Crippen LogP contribution is -2.27. The SMILES string of the molecule is O=C1CC(c2noc(-c3ccc(F)cc3)n2)CN1CCc1cccs1. The molecule has 3 aromatic rings. The Kier molecular flexibility index (Phi) is 4.31. The fourth-order valence-corrected chi connectivity index (χ4v) is 3.67. The van der Waals surface area contributed by atoms with Crippen molar-refractivity contribution < 1.29 is 13.7 Å². The smallest absolute Gasteiger partial charge is 0.257 e. The molecular weight excluding hydrogens is 341 g/mol. The van der Waals surface area contributed by atoms with Gasteiger partial charge in [-0.2, -0.15) is 4.98 Å². The molecule has 1 atom stereocenters. The van der Waals surface area contributed by atoms with Crippen molar-refractivity contribution in [1.82, 2.24) is 15.0 Å². The molecule has 1 aromatic carbocycles. The highest BCUT2D eigenvalue weighted by molar-refractivity contribution is 7.09. The third-order valence-electron chi connectivity index (χ3n) is 4.32. The highest BCUT2D eigenvalue weighted by Crippen LogP contribution is 2.28. The van der Waals surface area contributed by atoms with Crippen molar-refractivity contribution in [2.45, 2.75) is 18.8 Å². The summed E-state index contributed by atoms with van der Waals surface area (Å²) in [7, 11) is 0. The maximum atomic E-state index is 13.0. The summed E-state index contributed by atoms with van der Waals surface area (Å²) in [4.78, 5) is 19.8. The van der Waals surface area contributed by atoms with Crippen molar-refractivity contribution in [3.8, 4) is 11.5 Å². The second-order valence-electron chi connectivity index (χ2n) is 6.03. The van der Waals surface area contributed by atoms with E-state index >= 15 is 0 Å². The number of hydrogen-bond acceptors (Lipinski definition) is 5. The molecule has 5 nitrogen and oxygen atoms in total. The van der Waals surface area contributed by atoms with E-state index in [-0.39, 0.29) is 17.6 Å². The number of carbonyl (C=O) groups is 1. The summed E-state index contributed by atoms with van der Waals surface area (Å²) in [5, 5.41) is 6.06. The maximum Gasteiger partial charge on any atom is 0.257 e. The second kappa shape index (κ2) is 6.76. The van der Waals surface area contributed by atoms with Crippen molar-refractivity contribution >= 4 is 17.2 Å². The normalized spacial score (nSPS) is 17.4. The van der Waals surface area contributed by atoms with Crippen LogP contribution in [0.5, 0.6) is 0 Å². The van der Waals surface area contributed by atoms with E-state index in [1.807, 2.05) is 16.3 Å². The quantitative estimate of drug-likeness (QED) is 0.701. The van der Waals surface area contributed by atoms with Crippen LogP contribution in [0.2, 0.25) is 0 Å². The van der Waals surface area contributed by atoms with Gasteiger partial charge >= 0.3 is 0 Å². The average molecular weight is 357 g/mol. The van der Waals surface area contributed by atoms with Gasteiger partial charge in [0.2, 0.25) is 5.91 Å². The maximum absolute atomic E-state index is 13.0. The Morgan fingerprint density at radius 3 is 2.88 bits per heavy atom. The molecule has 1 unspecified atom stereocenters. The number of nitrogens with zero attached hydrogens (tertiary/aromatic N) is 3. The molecule has 1 fully saturated rings. The molecule has 128 valence electrons. The predicted molar refractivity (Wildman–Crippen MR) is 91.7 cm³/mol. The van der Waals surface area contributed by atoms with Crippen LogP contribution in [0.25, 0.3) is 11.5 Å². The predicted octanol–water partition coefficient (Wildman–Crippen LogP) is 3.50. The van der Waals surface area contributed by atoms with E-state index in [1.54, 1.807) is 23.5 Å². The first-order valence-electron chi connectivity index (χ1n) is 8.09. The van der Waals surface area contributed by atoms with Crippen molar-refractivity contribution in [2.75, 3.05) is 13.1 Å². The monoisotopic (exact) mass is 357 g/mol. The number of rotatable bonds is 5. The minimum Gasteiger partial charge on any atom is -0.342 e. The molecule has 7 heteroatoms. The van der Waals surface area contributed by atoms with Gasteiger partial charge in [0.25, 0.3) is 5.89 Å². The van der Waals surface area contributed by atoms with E-state index < -0.39 is 0 Å². The zero-order valence-corrected chi connectivity index (χ0v) is 14.2. The number of aromatic nitrogens is 2. The molecule has 0 spiro atoms. The highest BCUT2D eigenvalue weighted by atomic mass is 32.1. The first kappa shape index (κ1) is 16.0. The Balaban J connectivity index is 1.42. The molecule has 0 aliphatic carbocycles. The molecule has 1 amide bonds. The molecule has 0 saturated carbocycles. The molecule has 1 aliphatic rings. The van der Waals surface area contributed by atoms with Crippen LogP contribution in [0.15, 0.2) is 46.3 Å². The van der Waals surface area contributed by atoms with Crippen LogP contribution in [0, 0.1) is 5.82 Å². The van der Waals surface area contributed by atoms with E-state index in [1.165, 1.54) is 17.0 Å². The van der Waals surface area contributed by atoms with E-state index in [4.69, 9.17) is 4.52 Å². The summed E-state index contributed by atoms with van der Waals surface area (Å²) in [6, 6.07) is 10.00. The van der Waals surface area contributed by atoms with Gasteiger partial charge in [-0.25, -0.2) is 4.39 Å². The lowest BCUT2D eigenvalue weighted by Gasteiger charge is -2.15. The molecular formula is C18H16FN3O2S. The summed E-state index contributed by atoms with van der Waals surface area (Å²) < 4.78 is 18.3. The van der Waals surface area contributed by atoms with Gasteiger partial charge in [-0.3, -0.25) is 4.79 Å². The number of thiophene rings is 1. The summed E-state index contributed by atoms with van der Waals surface area (Å²) in [6.07, 6.45) is 1.26. The summed E-state index contributed by atoms with van der Waals surface area (Å²) in [5.74, 6) is 0.625. The Labute approximate surface area is 148 Å². The van der Waals surface area contributed by atoms with Crippen LogP contribution in [0.1, 0.15) is 23.0 Å². The molecule has 2 aromatic heterocycles. The van der Waals surface area contributed by atoms with Crippen LogP contribution in [0.3, 0.4) is 0 Å². The molecule has 3 heterocycles. The van der Waals surface area contributed by atoms with Crippen LogP contribution < -0.4 is 0 Å². The number of amides is 1. The minimum absolute atomic E-state index is 0.0613. The van der Waals surface area contributed by atoms with E-state index in [0.717, 1.165) is 6.42 Å². The fraction of sp³-hybridized carbons (Fsp3) is 0.278. The molecule has 0 N–H and O–H groups in total. The van der Waals surface area contributed by atoms with Gasteiger partial charge in [-0.05, 0) is 42.1 Å². The topological polar surface area (TPSA) is 59.2 Å². The van der Waals surface area contributed by atoms with Crippen molar-refractivity contribution in [1.29, 1.82) is 0 Å². The van der Waals surface area contributed by atoms with E-state index in [2.05, 4.69) is 16.2 Å². The number of carbonyl (C=O) groups excluding carboxylic acids is 1. The first-order chi connectivity index (χ1) is 12.2. The third-order valence-corrected chi connectivity index (χ3v) is 5.26. The Hall–Kier alpha value is -2.54. The Bertz CT molecular complexity index is 861. The lowest BCUT2D eigenvalue weighted by molar-refractivity contribution is -0.127. The summed E-state index contributed by atoms with van der Waals surface area (Å²) >= 11 is 1.70. The summed E-state index contributed by atoms with van der Waals surface area (Å²) in [6.45, 7) is 1.31. The van der Waals surface area contributed by atoms with Crippen LogP contribution in [-0.2, 0) is 11.2 Å². The van der Waals surface area contributed by atoms with E-state index in [9.17, 15) is 9.18 Å². The molecule has 0 bridgehead atoms. The van der Waals surface area contributed by atoms with Gasteiger partial charge < -0.3 is 9.42 Å². The number of hydrogen-bond donors (Lipinski definition) is 0. The average Bonchev–Trinajstić information content (AvgIpc) is 3.34. The van der Waals surface area contributed by atoms with Crippen molar-refractivity contribution in [3.63, 3.8) is 0 Å². The molecule has 1 aliphatic heterocycles. The van der Waals surface area contributed by atoms with Gasteiger partial charge in [0.05, 0.1) is 0 Å². The van der Waals surface area contributed by atoms with Crippen LogP contribution >= 0.6 is 11.3 Å². The van der Waals surface area contributed by atoms with Crippen LogP contribution in [-0.4, -0.2) is 34.0 Å². The van der Waals surface area contributed by atoms with Gasteiger partial charge in [-0.1, -0.05) is 11.2 Å². The van der Waals surface area contributed by atoms with Gasteiger partial charge in [-0.15, -0.1) is 11.3 Å². The lowest BCUT2D eigenvalue weighted by atomic mass is 10.1.